The summed E-state index contributed by atoms with van der Waals surface area (Å²) in [5, 5.41) is 3.42. The number of fused-ring (bicyclic) bond motifs is 1. The molecule has 23 heavy (non-hydrogen) atoms. The SMILES string of the molecule is CC.CCCc1nc(N)nc(NC2CCc3ccc(C)cc32)n1. The molecule has 0 fully saturated rings. The van der Waals surface area contributed by atoms with E-state index in [9.17, 15) is 0 Å². The van der Waals surface area contributed by atoms with Crippen molar-refractivity contribution in [1.29, 1.82) is 0 Å². The highest BCUT2D eigenvalue weighted by Crippen LogP contribution is 2.33. The molecule has 1 heterocycles. The molecular formula is C18H27N5. The first-order chi connectivity index (χ1) is 11.2. The molecule has 0 aliphatic heterocycles. The Labute approximate surface area is 138 Å². The third-order valence-electron chi connectivity index (χ3n) is 3.86. The normalized spacial score (nSPS) is 15.6. The van der Waals surface area contributed by atoms with E-state index in [4.69, 9.17) is 5.73 Å². The third kappa shape index (κ3) is 4.18. The summed E-state index contributed by atoms with van der Waals surface area (Å²) in [7, 11) is 0. The van der Waals surface area contributed by atoms with Gasteiger partial charge >= 0.3 is 0 Å². The molecule has 124 valence electrons. The number of aryl methyl sites for hydroxylation is 3. The van der Waals surface area contributed by atoms with E-state index in [1.54, 1.807) is 0 Å². The van der Waals surface area contributed by atoms with Crippen LogP contribution in [0.5, 0.6) is 0 Å². The van der Waals surface area contributed by atoms with E-state index in [0.29, 0.717) is 11.9 Å². The first-order valence-electron chi connectivity index (χ1n) is 8.52. The van der Waals surface area contributed by atoms with Gasteiger partial charge in [-0.05, 0) is 37.3 Å². The van der Waals surface area contributed by atoms with Crippen LogP contribution in [0.25, 0.3) is 0 Å². The minimum absolute atomic E-state index is 0.260. The van der Waals surface area contributed by atoms with Gasteiger partial charge in [-0.15, -0.1) is 0 Å². The van der Waals surface area contributed by atoms with Crippen LogP contribution in [-0.4, -0.2) is 15.0 Å². The number of nitrogens with two attached hydrogens (primary N) is 1. The van der Waals surface area contributed by atoms with E-state index in [-0.39, 0.29) is 6.04 Å². The lowest BCUT2D eigenvalue weighted by molar-refractivity contribution is 0.741. The second-order valence-corrected chi connectivity index (χ2v) is 5.62. The summed E-state index contributed by atoms with van der Waals surface area (Å²) in [4.78, 5) is 12.9. The number of nitrogens with one attached hydrogen (secondary N) is 1. The molecule has 1 aromatic heterocycles. The van der Waals surface area contributed by atoms with E-state index in [1.165, 1.54) is 16.7 Å². The number of nitrogen functional groups attached to an aromatic ring is 1. The standard InChI is InChI=1S/C16H21N5.C2H6/c1-3-4-14-19-15(17)21-16(20-14)18-13-8-7-11-6-5-10(2)9-12(11)13;1-2/h5-6,9,13H,3-4,7-8H2,1-2H3,(H3,17,18,19,20,21);1-2H3. The lowest BCUT2D eigenvalue weighted by Gasteiger charge is -2.15. The van der Waals surface area contributed by atoms with E-state index in [2.05, 4.69) is 52.3 Å². The highest BCUT2D eigenvalue weighted by molar-refractivity contribution is 5.43. The maximum absolute atomic E-state index is 5.78. The molecule has 1 unspecified atom stereocenters. The molecule has 0 radical (unpaired) electrons. The second-order valence-electron chi connectivity index (χ2n) is 5.62. The molecule has 3 rings (SSSR count). The number of anilines is 2. The Morgan fingerprint density at radius 2 is 2.00 bits per heavy atom. The van der Waals surface area contributed by atoms with E-state index in [1.807, 2.05) is 13.8 Å². The Balaban J connectivity index is 0.000000924. The molecule has 2 aromatic rings. The average Bonchev–Trinajstić information content (AvgIpc) is 2.91. The average molecular weight is 313 g/mol. The molecule has 1 aromatic carbocycles. The van der Waals surface area contributed by atoms with Crippen LogP contribution in [0.3, 0.4) is 0 Å². The van der Waals surface area contributed by atoms with Crippen molar-refractivity contribution in [2.45, 2.75) is 59.4 Å². The number of hydrogen-bond donors (Lipinski definition) is 2. The number of nitrogens with zero attached hydrogens (tertiary/aromatic N) is 3. The van der Waals surface area contributed by atoms with E-state index < -0.39 is 0 Å². The maximum atomic E-state index is 5.78. The fourth-order valence-electron chi connectivity index (χ4n) is 2.87. The smallest absolute Gasteiger partial charge is 0.228 e. The zero-order chi connectivity index (χ0) is 16.8. The zero-order valence-corrected chi connectivity index (χ0v) is 14.6. The lowest BCUT2D eigenvalue weighted by atomic mass is 10.1. The van der Waals surface area contributed by atoms with Crippen molar-refractivity contribution >= 4 is 11.9 Å². The van der Waals surface area contributed by atoms with Gasteiger partial charge in [-0.1, -0.05) is 44.5 Å². The molecule has 0 spiro atoms. The summed E-state index contributed by atoms with van der Waals surface area (Å²) in [5.41, 5.74) is 9.83. The van der Waals surface area contributed by atoms with Gasteiger partial charge in [0.25, 0.3) is 0 Å². The zero-order valence-electron chi connectivity index (χ0n) is 14.6. The molecule has 0 bridgehead atoms. The Hall–Kier alpha value is -2.17. The minimum Gasteiger partial charge on any atom is -0.368 e. The fourth-order valence-corrected chi connectivity index (χ4v) is 2.87. The molecule has 1 aliphatic carbocycles. The monoisotopic (exact) mass is 313 g/mol. The van der Waals surface area contributed by atoms with Gasteiger partial charge in [0.15, 0.2) is 0 Å². The van der Waals surface area contributed by atoms with Crippen LogP contribution in [0.4, 0.5) is 11.9 Å². The second kappa shape index (κ2) is 7.90. The topological polar surface area (TPSA) is 76.7 Å². The fraction of sp³-hybridized carbons (Fsp3) is 0.500. The summed E-state index contributed by atoms with van der Waals surface area (Å²) in [6.07, 6.45) is 3.97. The van der Waals surface area contributed by atoms with Crippen molar-refractivity contribution in [3.8, 4) is 0 Å². The van der Waals surface area contributed by atoms with Crippen molar-refractivity contribution in [2.24, 2.45) is 0 Å². The summed E-state index contributed by atoms with van der Waals surface area (Å²) < 4.78 is 0. The van der Waals surface area contributed by atoms with Crippen molar-refractivity contribution in [2.75, 3.05) is 11.1 Å². The van der Waals surface area contributed by atoms with Crippen LogP contribution in [0.2, 0.25) is 0 Å². The highest BCUT2D eigenvalue weighted by Gasteiger charge is 2.23. The van der Waals surface area contributed by atoms with E-state index >= 15 is 0 Å². The van der Waals surface area contributed by atoms with Crippen molar-refractivity contribution in [1.82, 2.24) is 15.0 Å². The lowest BCUT2D eigenvalue weighted by Crippen LogP contribution is -2.13. The maximum Gasteiger partial charge on any atom is 0.228 e. The van der Waals surface area contributed by atoms with Gasteiger partial charge in [0, 0.05) is 6.42 Å². The predicted octanol–water partition coefficient (Wildman–Crippen LogP) is 3.84. The number of hydrogen-bond acceptors (Lipinski definition) is 5. The van der Waals surface area contributed by atoms with Crippen molar-refractivity contribution in [3.63, 3.8) is 0 Å². The third-order valence-corrected chi connectivity index (χ3v) is 3.86. The summed E-state index contributed by atoms with van der Waals surface area (Å²) in [6.45, 7) is 8.22. The molecular weight excluding hydrogens is 286 g/mol. The van der Waals surface area contributed by atoms with E-state index in [0.717, 1.165) is 31.5 Å². The van der Waals surface area contributed by atoms with Gasteiger partial charge in [0.05, 0.1) is 6.04 Å². The van der Waals surface area contributed by atoms with Crippen LogP contribution < -0.4 is 11.1 Å². The first-order valence-corrected chi connectivity index (χ1v) is 8.52. The van der Waals surface area contributed by atoms with Gasteiger partial charge in [-0.2, -0.15) is 15.0 Å². The molecule has 0 amide bonds. The molecule has 1 aliphatic rings. The molecule has 5 nitrogen and oxygen atoms in total. The van der Waals surface area contributed by atoms with Gasteiger partial charge in [-0.3, -0.25) is 0 Å². The molecule has 0 saturated heterocycles. The Bertz CT molecular complexity index is 654. The quantitative estimate of drug-likeness (QED) is 0.896. The molecule has 1 atom stereocenters. The Morgan fingerprint density at radius 3 is 2.74 bits per heavy atom. The minimum atomic E-state index is 0.260. The number of rotatable bonds is 4. The number of aromatic nitrogens is 3. The summed E-state index contributed by atoms with van der Waals surface area (Å²) in [5.74, 6) is 1.64. The van der Waals surface area contributed by atoms with Gasteiger partial charge in [0.1, 0.15) is 5.82 Å². The van der Waals surface area contributed by atoms with Gasteiger partial charge in [-0.25, -0.2) is 0 Å². The van der Waals surface area contributed by atoms with Gasteiger partial charge in [0.2, 0.25) is 11.9 Å². The largest absolute Gasteiger partial charge is 0.368 e. The van der Waals surface area contributed by atoms with Gasteiger partial charge < -0.3 is 11.1 Å². The van der Waals surface area contributed by atoms with Crippen LogP contribution >= 0.6 is 0 Å². The number of benzene rings is 1. The molecule has 0 saturated carbocycles. The summed E-state index contributed by atoms with van der Waals surface area (Å²) in [6, 6.07) is 6.89. The van der Waals surface area contributed by atoms with Crippen LogP contribution in [-0.2, 0) is 12.8 Å². The highest BCUT2D eigenvalue weighted by atomic mass is 15.2. The molecule has 3 N–H and O–H groups in total. The van der Waals surface area contributed by atoms with Crippen molar-refractivity contribution < 1.29 is 0 Å². The Morgan fingerprint density at radius 1 is 1.22 bits per heavy atom. The van der Waals surface area contributed by atoms with Crippen LogP contribution in [0.1, 0.15) is 62.2 Å². The predicted molar refractivity (Wildman–Crippen MR) is 95.4 cm³/mol. The summed E-state index contributed by atoms with van der Waals surface area (Å²) >= 11 is 0. The van der Waals surface area contributed by atoms with Crippen LogP contribution in [0, 0.1) is 6.92 Å². The van der Waals surface area contributed by atoms with Crippen LogP contribution in [0.15, 0.2) is 18.2 Å². The Kier molecular flexibility index (Phi) is 5.90. The van der Waals surface area contributed by atoms with Crippen molar-refractivity contribution in [3.05, 3.63) is 40.7 Å². The molecule has 5 heteroatoms. The first kappa shape index (κ1) is 17.2.